The molecule has 0 unspecified atom stereocenters. The Hall–Kier alpha value is -1.10. The van der Waals surface area contributed by atoms with Crippen LogP contribution in [0.5, 0.6) is 0 Å². The molecule has 0 aromatic heterocycles. The summed E-state index contributed by atoms with van der Waals surface area (Å²) in [5.41, 5.74) is -0.0768. The highest BCUT2D eigenvalue weighted by Crippen LogP contribution is 2.35. The molecular formula is C13H12BrF3O. The zero-order chi connectivity index (χ0) is 13.9. The van der Waals surface area contributed by atoms with Crippen molar-refractivity contribution < 1.29 is 18.0 Å². The molecule has 0 saturated carbocycles. The number of alkyl halides is 3. The summed E-state index contributed by atoms with van der Waals surface area (Å²) in [6.45, 7) is 5.52. The maximum Gasteiger partial charge on any atom is 0.417 e. The summed E-state index contributed by atoms with van der Waals surface area (Å²) >= 11 is 2.83. The van der Waals surface area contributed by atoms with Crippen LogP contribution in [-0.2, 0) is 6.18 Å². The molecule has 0 bridgehead atoms. The molecule has 98 valence electrons. The number of halogens is 4. The van der Waals surface area contributed by atoms with Gasteiger partial charge >= 0.3 is 6.18 Å². The van der Waals surface area contributed by atoms with Crippen molar-refractivity contribution in [3.8, 4) is 0 Å². The Morgan fingerprint density at radius 3 is 2.50 bits per heavy atom. The van der Waals surface area contributed by atoms with Crippen molar-refractivity contribution in [2.75, 3.05) is 0 Å². The molecule has 0 fully saturated rings. The van der Waals surface area contributed by atoms with Gasteiger partial charge in [0.2, 0.25) is 0 Å². The number of carbonyl (C=O) groups excluding carboxylic acids is 1. The lowest BCUT2D eigenvalue weighted by Gasteiger charge is -2.11. The van der Waals surface area contributed by atoms with Gasteiger partial charge in [-0.1, -0.05) is 41.1 Å². The fraction of sp³-hybridized carbons (Fsp3) is 0.308. The van der Waals surface area contributed by atoms with E-state index in [1.54, 1.807) is 0 Å². The van der Waals surface area contributed by atoms with Gasteiger partial charge < -0.3 is 0 Å². The molecule has 0 aliphatic carbocycles. The number of benzene rings is 1. The highest BCUT2D eigenvalue weighted by Gasteiger charge is 2.33. The highest BCUT2D eigenvalue weighted by molar-refractivity contribution is 9.10. The average molecular weight is 321 g/mol. The SMILES string of the molecule is C=C(CC)CC(=O)c1ccc(Br)c(C(F)(F)F)c1. The number of ketones is 1. The Morgan fingerprint density at radius 2 is 2.00 bits per heavy atom. The molecule has 1 nitrogen and oxygen atoms in total. The number of carbonyl (C=O) groups is 1. The van der Waals surface area contributed by atoms with E-state index in [2.05, 4.69) is 22.5 Å². The third kappa shape index (κ3) is 3.70. The van der Waals surface area contributed by atoms with Crippen LogP contribution in [0.3, 0.4) is 0 Å². The van der Waals surface area contributed by atoms with E-state index in [9.17, 15) is 18.0 Å². The molecule has 0 spiro atoms. The van der Waals surface area contributed by atoms with Gasteiger partial charge in [0.15, 0.2) is 5.78 Å². The largest absolute Gasteiger partial charge is 0.417 e. The van der Waals surface area contributed by atoms with Crippen molar-refractivity contribution >= 4 is 21.7 Å². The van der Waals surface area contributed by atoms with Crippen LogP contribution in [0.1, 0.15) is 35.7 Å². The number of rotatable bonds is 4. The minimum Gasteiger partial charge on any atom is -0.294 e. The van der Waals surface area contributed by atoms with Crippen LogP contribution in [-0.4, -0.2) is 5.78 Å². The second kappa shape index (κ2) is 5.69. The molecule has 5 heteroatoms. The fourth-order valence-corrected chi connectivity index (χ4v) is 1.84. The van der Waals surface area contributed by atoms with Crippen LogP contribution in [0.25, 0.3) is 0 Å². The van der Waals surface area contributed by atoms with E-state index in [-0.39, 0.29) is 22.2 Å². The first-order valence-corrected chi connectivity index (χ1v) is 6.11. The first-order valence-electron chi connectivity index (χ1n) is 5.32. The molecular weight excluding hydrogens is 309 g/mol. The molecule has 0 saturated heterocycles. The molecule has 0 N–H and O–H groups in total. The summed E-state index contributed by atoms with van der Waals surface area (Å²) in [4.78, 5) is 11.8. The molecule has 0 atom stereocenters. The van der Waals surface area contributed by atoms with Crippen LogP contribution in [0.4, 0.5) is 13.2 Å². The summed E-state index contributed by atoms with van der Waals surface area (Å²) < 4.78 is 37.9. The van der Waals surface area contributed by atoms with Crippen LogP contribution in [0, 0.1) is 0 Å². The Kier molecular flexibility index (Phi) is 4.73. The van der Waals surface area contributed by atoms with E-state index >= 15 is 0 Å². The lowest BCUT2D eigenvalue weighted by atomic mass is 10.0. The zero-order valence-electron chi connectivity index (χ0n) is 9.77. The van der Waals surface area contributed by atoms with Gasteiger partial charge in [0.05, 0.1) is 5.56 Å². The molecule has 1 aromatic rings. The minimum absolute atomic E-state index is 0.0557. The van der Waals surface area contributed by atoms with Gasteiger partial charge in [-0.2, -0.15) is 13.2 Å². The van der Waals surface area contributed by atoms with Crippen molar-refractivity contribution in [3.63, 3.8) is 0 Å². The van der Waals surface area contributed by atoms with Gasteiger partial charge in [0.1, 0.15) is 0 Å². The smallest absolute Gasteiger partial charge is 0.294 e. The number of allylic oxidation sites excluding steroid dienone is 1. The molecule has 0 radical (unpaired) electrons. The van der Waals surface area contributed by atoms with Gasteiger partial charge in [-0.3, -0.25) is 4.79 Å². The summed E-state index contributed by atoms with van der Waals surface area (Å²) in [6.07, 6.45) is -3.76. The Morgan fingerprint density at radius 1 is 1.39 bits per heavy atom. The van der Waals surface area contributed by atoms with Crippen molar-refractivity contribution in [2.24, 2.45) is 0 Å². The summed E-state index contributed by atoms with van der Waals surface area (Å²) in [6, 6.07) is 3.49. The zero-order valence-corrected chi connectivity index (χ0v) is 11.4. The monoisotopic (exact) mass is 320 g/mol. The second-order valence-electron chi connectivity index (χ2n) is 3.90. The summed E-state index contributed by atoms with van der Waals surface area (Å²) in [7, 11) is 0. The predicted molar refractivity (Wildman–Crippen MR) is 67.5 cm³/mol. The lowest BCUT2D eigenvalue weighted by Crippen LogP contribution is -2.09. The van der Waals surface area contributed by atoms with Crippen LogP contribution in [0.15, 0.2) is 34.8 Å². The molecule has 0 heterocycles. The van der Waals surface area contributed by atoms with Crippen LogP contribution in [0.2, 0.25) is 0 Å². The second-order valence-corrected chi connectivity index (χ2v) is 4.75. The molecule has 0 aliphatic rings. The molecule has 18 heavy (non-hydrogen) atoms. The third-order valence-corrected chi connectivity index (χ3v) is 3.20. The van der Waals surface area contributed by atoms with Crippen molar-refractivity contribution in [2.45, 2.75) is 25.9 Å². The van der Waals surface area contributed by atoms with E-state index in [4.69, 9.17) is 0 Å². The summed E-state index contributed by atoms with van der Waals surface area (Å²) in [5, 5.41) is 0. The number of hydrogen-bond donors (Lipinski definition) is 0. The van der Waals surface area contributed by atoms with Crippen LogP contribution >= 0.6 is 15.9 Å². The van der Waals surface area contributed by atoms with E-state index in [0.29, 0.717) is 12.0 Å². The normalized spacial score (nSPS) is 11.4. The fourth-order valence-electron chi connectivity index (χ4n) is 1.37. The van der Waals surface area contributed by atoms with Gasteiger partial charge in [0, 0.05) is 16.5 Å². The maximum absolute atomic E-state index is 12.7. The summed E-state index contributed by atoms with van der Waals surface area (Å²) in [5.74, 6) is -0.347. The third-order valence-electron chi connectivity index (χ3n) is 2.50. The highest BCUT2D eigenvalue weighted by atomic mass is 79.9. The Bertz CT molecular complexity index is 478. The Balaban J connectivity index is 3.06. The van der Waals surface area contributed by atoms with Gasteiger partial charge in [0.25, 0.3) is 0 Å². The quantitative estimate of drug-likeness (QED) is 0.563. The van der Waals surface area contributed by atoms with E-state index < -0.39 is 11.7 Å². The maximum atomic E-state index is 12.7. The van der Waals surface area contributed by atoms with E-state index in [0.717, 1.165) is 6.07 Å². The molecule has 0 amide bonds. The average Bonchev–Trinajstić information content (AvgIpc) is 2.27. The predicted octanol–water partition coefficient (Wildman–Crippen LogP) is 5.01. The first kappa shape index (κ1) is 15.0. The number of hydrogen-bond acceptors (Lipinski definition) is 1. The van der Waals surface area contributed by atoms with Crippen molar-refractivity contribution in [1.29, 1.82) is 0 Å². The van der Waals surface area contributed by atoms with E-state index in [1.807, 2.05) is 6.92 Å². The van der Waals surface area contributed by atoms with Crippen molar-refractivity contribution in [3.05, 3.63) is 46.0 Å². The van der Waals surface area contributed by atoms with Gasteiger partial charge in [-0.25, -0.2) is 0 Å². The van der Waals surface area contributed by atoms with Crippen LogP contribution < -0.4 is 0 Å². The lowest BCUT2D eigenvalue weighted by molar-refractivity contribution is -0.138. The number of Topliss-reactive ketones (excluding diaryl/α,β-unsaturated/α-hetero) is 1. The molecule has 1 rings (SSSR count). The first-order chi connectivity index (χ1) is 8.25. The minimum atomic E-state index is -4.48. The standard InChI is InChI=1S/C13H12BrF3O/c1-3-8(2)6-12(18)9-4-5-11(14)10(7-9)13(15,16)17/h4-5,7H,2-3,6H2,1H3. The van der Waals surface area contributed by atoms with Crippen molar-refractivity contribution in [1.82, 2.24) is 0 Å². The van der Waals surface area contributed by atoms with E-state index in [1.165, 1.54) is 12.1 Å². The van der Waals surface area contributed by atoms with Gasteiger partial charge in [-0.15, -0.1) is 0 Å². The van der Waals surface area contributed by atoms with Gasteiger partial charge in [-0.05, 0) is 18.6 Å². The molecule has 1 aromatic carbocycles. The topological polar surface area (TPSA) is 17.1 Å². The Labute approximate surface area is 112 Å². The molecule has 0 aliphatic heterocycles.